The summed E-state index contributed by atoms with van der Waals surface area (Å²) in [6, 6.07) is 22.7. The van der Waals surface area contributed by atoms with Gasteiger partial charge in [-0.15, -0.1) is 0 Å². The van der Waals surface area contributed by atoms with Gasteiger partial charge in [-0.3, -0.25) is 0 Å². The SMILES string of the molecule is O=C(O)OS(c1ccccc1)(c1ccccc1)c1c(Br)cc(Br)cc1Br. The Labute approximate surface area is 178 Å². The van der Waals surface area contributed by atoms with Crippen LogP contribution in [0.15, 0.2) is 101 Å². The van der Waals surface area contributed by atoms with E-state index in [1.165, 1.54) is 0 Å². The number of carboxylic acid groups (broad SMARTS) is 1. The van der Waals surface area contributed by atoms with Crippen LogP contribution in [0.2, 0.25) is 0 Å². The minimum atomic E-state index is -2.52. The highest BCUT2D eigenvalue weighted by atomic mass is 79.9. The zero-order chi connectivity index (χ0) is 18.7. The average molecular weight is 561 g/mol. The fourth-order valence-corrected chi connectivity index (χ4v) is 9.25. The molecule has 0 saturated carbocycles. The Hall–Kier alpha value is -1.28. The Morgan fingerprint density at radius 2 is 1.23 bits per heavy atom. The van der Waals surface area contributed by atoms with Gasteiger partial charge in [0, 0.05) is 23.2 Å². The molecule has 0 atom stereocenters. The highest BCUT2D eigenvalue weighted by Crippen LogP contribution is 2.72. The summed E-state index contributed by atoms with van der Waals surface area (Å²) in [4.78, 5) is 14.1. The molecule has 3 rings (SSSR count). The molecule has 0 unspecified atom stereocenters. The zero-order valence-electron chi connectivity index (χ0n) is 13.2. The summed E-state index contributed by atoms with van der Waals surface area (Å²) in [6.45, 7) is 0. The molecule has 0 aliphatic heterocycles. The molecule has 3 nitrogen and oxygen atoms in total. The van der Waals surface area contributed by atoms with Gasteiger partial charge in [0.15, 0.2) is 0 Å². The maximum Gasteiger partial charge on any atom is 0.517 e. The van der Waals surface area contributed by atoms with Crippen LogP contribution in [0.1, 0.15) is 0 Å². The summed E-state index contributed by atoms with van der Waals surface area (Å²) in [5.41, 5.74) is 0. The van der Waals surface area contributed by atoms with Crippen molar-refractivity contribution < 1.29 is 14.1 Å². The Bertz CT molecular complexity index is 871. The molecule has 0 saturated heterocycles. The first kappa shape index (κ1) is 19.5. The lowest BCUT2D eigenvalue weighted by Crippen LogP contribution is -2.13. The fraction of sp³-hybridized carbons (Fsp3) is 0. The molecule has 0 aliphatic carbocycles. The lowest BCUT2D eigenvalue weighted by molar-refractivity contribution is 0.150. The van der Waals surface area contributed by atoms with E-state index in [0.717, 1.165) is 28.1 Å². The van der Waals surface area contributed by atoms with Crippen molar-refractivity contribution in [3.8, 4) is 0 Å². The first-order chi connectivity index (χ1) is 12.4. The van der Waals surface area contributed by atoms with Gasteiger partial charge in [-0.1, -0.05) is 52.3 Å². The van der Waals surface area contributed by atoms with E-state index in [2.05, 4.69) is 47.8 Å². The van der Waals surface area contributed by atoms with Crippen LogP contribution in [0.3, 0.4) is 0 Å². The van der Waals surface area contributed by atoms with E-state index >= 15 is 0 Å². The fourth-order valence-electron chi connectivity index (χ4n) is 2.64. The lowest BCUT2D eigenvalue weighted by atomic mass is 10.4. The second-order valence-electron chi connectivity index (χ2n) is 5.23. The highest BCUT2D eigenvalue weighted by Gasteiger charge is 2.39. The van der Waals surface area contributed by atoms with Crippen molar-refractivity contribution in [2.45, 2.75) is 14.7 Å². The molecule has 0 spiro atoms. The van der Waals surface area contributed by atoms with E-state index in [1.54, 1.807) is 0 Å². The third kappa shape index (κ3) is 3.71. The van der Waals surface area contributed by atoms with E-state index in [0.29, 0.717) is 0 Å². The van der Waals surface area contributed by atoms with Crippen molar-refractivity contribution in [3.63, 3.8) is 0 Å². The summed E-state index contributed by atoms with van der Waals surface area (Å²) >= 11 is 10.7. The van der Waals surface area contributed by atoms with Gasteiger partial charge >= 0.3 is 6.16 Å². The monoisotopic (exact) mass is 558 g/mol. The zero-order valence-corrected chi connectivity index (χ0v) is 18.8. The maximum atomic E-state index is 11.8. The van der Waals surface area contributed by atoms with E-state index in [-0.39, 0.29) is 0 Å². The number of hydrogen-bond donors (Lipinski definition) is 1. The molecule has 0 bridgehead atoms. The minimum Gasteiger partial charge on any atom is -0.449 e. The van der Waals surface area contributed by atoms with Crippen molar-refractivity contribution >= 4 is 64.3 Å². The molecule has 3 aromatic rings. The summed E-state index contributed by atoms with van der Waals surface area (Å²) in [7, 11) is -2.52. The molecule has 134 valence electrons. The highest BCUT2D eigenvalue weighted by molar-refractivity contribution is 9.11. The van der Waals surface area contributed by atoms with Gasteiger partial charge in [0.25, 0.3) is 0 Å². The van der Waals surface area contributed by atoms with Crippen LogP contribution < -0.4 is 0 Å². The topological polar surface area (TPSA) is 46.5 Å². The van der Waals surface area contributed by atoms with Gasteiger partial charge in [0.05, 0.1) is 4.90 Å². The molecular weight excluding hydrogens is 548 g/mol. The van der Waals surface area contributed by atoms with Crippen LogP contribution >= 0.6 is 58.1 Å². The molecule has 0 aromatic heterocycles. The Balaban J connectivity index is 2.44. The van der Waals surface area contributed by atoms with Crippen molar-refractivity contribution in [2.24, 2.45) is 0 Å². The number of benzene rings is 3. The Morgan fingerprint density at radius 3 is 1.62 bits per heavy atom. The van der Waals surface area contributed by atoms with Crippen LogP contribution in [0, 0.1) is 0 Å². The molecule has 7 heteroatoms. The minimum absolute atomic E-state index is 0.750. The van der Waals surface area contributed by atoms with E-state index in [1.807, 2.05) is 72.8 Å². The maximum absolute atomic E-state index is 11.8. The molecule has 1 N–H and O–H groups in total. The Kier molecular flexibility index (Phi) is 6.12. The van der Waals surface area contributed by atoms with Gasteiger partial charge in [0.2, 0.25) is 0 Å². The van der Waals surface area contributed by atoms with Crippen LogP contribution in [0.25, 0.3) is 0 Å². The van der Waals surface area contributed by atoms with E-state index in [9.17, 15) is 9.90 Å². The average Bonchev–Trinajstić information content (AvgIpc) is 2.61. The van der Waals surface area contributed by atoms with Crippen LogP contribution in [-0.2, 0) is 4.18 Å². The molecule has 0 heterocycles. The molecule has 26 heavy (non-hydrogen) atoms. The van der Waals surface area contributed by atoms with Gasteiger partial charge in [0.1, 0.15) is 0 Å². The first-order valence-electron chi connectivity index (χ1n) is 7.45. The number of carbonyl (C=O) groups is 1. The largest absolute Gasteiger partial charge is 0.517 e. The van der Waals surface area contributed by atoms with E-state index in [4.69, 9.17) is 4.18 Å². The van der Waals surface area contributed by atoms with E-state index < -0.39 is 16.5 Å². The van der Waals surface area contributed by atoms with Gasteiger partial charge in [-0.2, -0.15) is 0 Å². The van der Waals surface area contributed by atoms with Gasteiger partial charge < -0.3 is 9.29 Å². The predicted molar refractivity (Wildman–Crippen MR) is 114 cm³/mol. The standard InChI is InChI=1S/C19H13Br3O3S/c20-13-11-16(21)18(17(22)12-13)26(25-19(23)24,14-7-3-1-4-8-14)15-9-5-2-6-10-15/h1-12H,(H,23,24). The Morgan fingerprint density at radius 1 is 0.808 bits per heavy atom. The molecular formula is C19H13Br3O3S. The third-order valence-electron chi connectivity index (χ3n) is 3.60. The molecule has 3 aromatic carbocycles. The first-order valence-corrected chi connectivity index (χ1v) is 11.4. The van der Waals surface area contributed by atoms with Crippen LogP contribution in [0.5, 0.6) is 0 Å². The van der Waals surface area contributed by atoms with Crippen LogP contribution in [0.4, 0.5) is 4.79 Å². The number of halogens is 3. The quantitative estimate of drug-likeness (QED) is 0.353. The lowest BCUT2D eigenvalue weighted by Gasteiger charge is -2.39. The van der Waals surface area contributed by atoms with Crippen molar-refractivity contribution in [3.05, 3.63) is 86.2 Å². The second-order valence-corrected chi connectivity index (χ2v) is 10.5. The predicted octanol–water partition coefficient (Wildman–Crippen LogP) is 7.87. The van der Waals surface area contributed by atoms with Crippen molar-refractivity contribution in [1.82, 2.24) is 0 Å². The summed E-state index contributed by atoms with van der Waals surface area (Å²) < 4.78 is 8.09. The van der Waals surface area contributed by atoms with Gasteiger partial charge in [-0.25, -0.2) is 4.79 Å². The van der Waals surface area contributed by atoms with Gasteiger partial charge in [-0.05, 0) is 78.6 Å². The molecule has 0 fully saturated rings. The summed E-state index contributed by atoms with van der Waals surface area (Å²) in [5.74, 6) is 0. The second kappa shape index (κ2) is 8.17. The number of rotatable bonds is 4. The summed E-state index contributed by atoms with van der Waals surface area (Å²) in [6.07, 6.45) is -1.32. The molecule has 0 amide bonds. The summed E-state index contributed by atoms with van der Waals surface area (Å²) in [5, 5.41) is 9.63. The van der Waals surface area contributed by atoms with Crippen molar-refractivity contribution in [1.29, 1.82) is 0 Å². The third-order valence-corrected chi connectivity index (χ3v) is 9.11. The van der Waals surface area contributed by atoms with Crippen molar-refractivity contribution in [2.75, 3.05) is 0 Å². The number of hydrogen-bond acceptors (Lipinski definition) is 2. The normalized spacial score (nSPS) is 11.8. The van der Waals surface area contributed by atoms with Crippen LogP contribution in [-0.4, -0.2) is 11.3 Å². The molecule has 0 radical (unpaired) electrons. The molecule has 0 aliphatic rings. The smallest absolute Gasteiger partial charge is 0.449 e.